The summed E-state index contributed by atoms with van der Waals surface area (Å²) < 4.78 is 35.8. The molecule has 0 unspecified atom stereocenters. The maximum Gasteiger partial charge on any atom is 0.181 e. The van der Waals surface area contributed by atoms with Crippen LogP contribution in [-0.4, -0.2) is 23.3 Å². The molecule has 5 heteroatoms. The Morgan fingerprint density at radius 3 is 0.974 bits per heavy atom. The quantitative estimate of drug-likeness (QED) is 0.0513. The lowest BCUT2D eigenvalue weighted by Gasteiger charge is -2.28. The highest BCUT2D eigenvalue weighted by molar-refractivity contribution is 7.85. The Balaban J connectivity index is 5.06. The van der Waals surface area contributed by atoms with Gasteiger partial charge in [-0.25, -0.2) is 12.9 Å². The first kappa shape index (κ1) is 38.1. The molecule has 39 heavy (non-hydrogen) atoms. The zero-order valence-corrected chi connectivity index (χ0v) is 27.0. The lowest BCUT2D eigenvalue weighted by molar-refractivity contribution is -0.760. The number of allylic oxidation sites excluding steroid dienone is 3. The van der Waals surface area contributed by atoms with Gasteiger partial charge in [0, 0.05) is 0 Å². The van der Waals surface area contributed by atoms with E-state index in [-0.39, 0.29) is 4.48 Å². The summed E-state index contributed by atoms with van der Waals surface area (Å²) in [4.78, 5) is 0. The van der Waals surface area contributed by atoms with Crippen LogP contribution >= 0.6 is 0 Å². The topological polar surface area (TPSA) is 57.2 Å². The summed E-state index contributed by atoms with van der Waals surface area (Å²) in [7, 11) is -4.39. The molecule has 0 rings (SSSR count). The Kier molecular flexibility index (Phi) is 26.6. The number of unbranched alkanes of at least 4 members (excludes halogenated alkanes) is 21. The van der Waals surface area contributed by atoms with Crippen LogP contribution in [0.25, 0.3) is 0 Å². The standard InChI is InChI=1S/C34H65NO3S/c1-4-7-10-13-16-19-22-25-28-31-35(34-39(36,37)38,32-29-26-23-20-17-14-11-8-5-2)33-30-27-24-21-18-15-12-9-6-3/h28-33H,4-27,34H2,1-3H3/b31-28+,32-29+,33-30+. The normalized spacial score (nSPS) is 13.0. The second kappa shape index (κ2) is 27.3. The monoisotopic (exact) mass is 567 g/mol. The highest BCUT2D eigenvalue weighted by atomic mass is 32.2. The molecule has 0 saturated carbocycles. The van der Waals surface area contributed by atoms with Gasteiger partial charge in [0.15, 0.2) is 5.88 Å². The molecule has 0 aromatic carbocycles. The minimum atomic E-state index is -4.39. The third kappa shape index (κ3) is 27.0. The molecule has 0 aliphatic rings. The molecule has 0 saturated heterocycles. The van der Waals surface area contributed by atoms with E-state index in [0.29, 0.717) is 0 Å². The van der Waals surface area contributed by atoms with E-state index in [0.717, 1.165) is 38.5 Å². The van der Waals surface area contributed by atoms with E-state index in [1.807, 2.05) is 18.6 Å². The molecule has 0 N–H and O–H groups in total. The number of hydrogen-bond acceptors (Lipinski definition) is 3. The summed E-state index contributed by atoms with van der Waals surface area (Å²) in [5.74, 6) is -0.457. The van der Waals surface area contributed by atoms with Crippen LogP contribution in [0.3, 0.4) is 0 Å². The van der Waals surface area contributed by atoms with Crippen molar-refractivity contribution >= 4 is 10.1 Å². The number of rotatable bonds is 29. The maximum atomic E-state index is 12.0. The van der Waals surface area contributed by atoms with Gasteiger partial charge >= 0.3 is 0 Å². The molecular weight excluding hydrogens is 502 g/mol. The zero-order chi connectivity index (χ0) is 28.9. The summed E-state index contributed by atoms with van der Waals surface area (Å²) in [5, 5.41) is 0. The predicted molar refractivity (Wildman–Crippen MR) is 170 cm³/mol. The average Bonchev–Trinajstić information content (AvgIpc) is 2.89. The van der Waals surface area contributed by atoms with Gasteiger partial charge in [-0.05, 0) is 56.8 Å². The van der Waals surface area contributed by atoms with Gasteiger partial charge < -0.3 is 4.55 Å². The number of hydrogen-bond donors (Lipinski definition) is 0. The van der Waals surface area contributed by atoms with Crippen molar-refractivity contribution in [2.24, 2.45) is 0 Å². The van der Waals surface area contributed by atoms with Crippen molar-refractivity contribution in [3.63, 3.8) is 0 Å². The fourth-order valence-corrected chi connectivity index (χ4v) is 5.83. The van der Waals surface area contributed by atoms with E-state index < -0.39 is 16.0 Å². The number of nitrogens with zero attached hydrogens (tertiary/aromatic N) is 1. The lowest BCUT2D eigenvalue weighted by Crippen LogP contribution is -2.36. The Morgan fingerprint density at radius 1 is 0.462 bits per heavy atom. The smallest absolute Gasteiger partial charge is 0.181 e. The molecule has 0 atom stereocenters. The second-order valence-corrected chi connectivity index (χ2v) is 12.9. The molecular formula is C34H65NO3S. The van der Waals surface area contributed by atoms with Crippen LogP contribution in [0.1, 0.15) is 175 Å². The molecule has 0 amide bonds. The van der Waals surface area contributed by atoms with Crippen molar-refractivity contribution in [3.05, 3.63) is 36.8 Å². The van der Waals surface area contributed by atoms with Crippen LogP contribution < -0.4 is 0 Å². The van der Waals surface area contributed by atoms with Crippen molar-refractivity contribution in [2.75, 3.05) is 5.88 Å². The van der Waals surface area contributed by atoms with Crippen LogP contribution in [0.15, 0.2) is 36.8 Å². The highest BCUT2D eigenvalue weighted by Gasteiger charge is 2.22. The third-order valence-electron chi connectivity index (χ3n) is 7.45. The summed E-state index contributed by atoms with van der Waals surface area (Å²) >= 11 is 0. The van der Waals surface area contributed by atoms with Crippen molar-refractivity contribution in [2.45, 2.75) is 175 Å². The first-order chi connectivity index (χ1) is 18.9. The summed E-state index contributed by atoms with van der Waals surface area (Å²) in [6.45, 7) is 6.72. The molecule has 0 heterocycles. The second-order valence-electron chi connectivity index (χ2n) is 11.6. The van der Waals surface area contributed by atoms with Crippen LogP contribution in [0.4, 0.5) is 0 Å². The van der Waals surface area contributed by atoms with Crippen molar-refractivity contribution in [1.82, 2.24) is 0 Å². The molecule has 0 aromatic heterocycles. The fourth-order valence-electron chi connectivity index (χ4n) is 5.02. The van der Waals surface area contributed by atoms with Gasteiger partial charge in [0.05, 0.1) is 0 Å². The van der Waals surface area contributed by atoms with E-state index in [2.05, 4.69) is 39.0 Å². The molecule has 0 spiro atoms. The predicted octanol–water partition coefficient (Wildman–Crippen LogP) is 11.3. The van der Waals surface area contributed by atoms with Gasteiger partial charge in [-0.1, -0.05) is 136 Å². The molecule has 4 nitrogen and oxygen atoms in total. The molecule has 0 radical (unpaired) electrons. The summed E-state index contributed by atoms with van der Waals surface area (Å²) in [6.07, 6.45) is 41.2. The van der Waals surface area contributed by atoms with Gasteiger partial charge in [-0.15, -0.1) is 0 Å². The maximum absolute atomic E-state index is 12.0. The number of quaternary nitrogens is 1. The van der Waals surface area contributed by atoms with Crippen molar-refractivity contribution in [3.8, 4) is 0 Å². The lowest BCUT2D eigenvalue weighted by atomic mass is 10.1. The largest absolute Gasteiger partial charge is 0.744 e. The molecule has 0 bridgehead atoms. The first-order valence-corrected chi connectivity index (χ1v) is 18.3. The Hall–Kier alpha value is -0.910. The van der Waals surface area contributed by atoms with Gasteiger partial charge in [-0.2, -0.15) is 0 Å². The van der Waals surface area contributed by atoms with E-state index >= 15 is 0 Å². The SMILES string of the molecule is CCCCCCCCC/C=C/[N+](/C=C/CCCCCCCCC)(/C=C/CCCCCCCCC)CS(=O)(=O)[O-]. The van der Waals surface area contributed by atoms with Gasteiger partial charge in [0.1, 0.15) is 28.7 Å². The molecule has 0 aromatic rings. The Labute approximate surface area is 244 Å². The minimum Gasteiger partial charge on any atom is -0.744 e. The van der Waals surface area contributed by atoms with Crippen molar-refractivity contribution in [1.29, 1.82) is 0 Å². The summed E-state index contributed by atoms with van der Waals surface area (Å²) in [6, 6.07) is 0. The molecule has 230 valence electrons. The van der Waals surface area contributed by atoms with Gasteiger partial charge in [0.25, 0.3) is 0 Å². The summed E-state index contributed by atoms with van der Waals surface area (Å²) in [5.41, 5.74) is 0. The van der Waals surface area contributed by atoms with E-state index in [9.17, 15) is 13.0 Å². The Bertz CT molecular complexity index is 643. The van der Waals surface area contributed by atoms with E-state index in [4.69, 9.17) is 0 Å². The molecule has 0 aliphatic heterocycles. The minimum absolute atomic E-state index is 0.0185. The van der Waals surface area contributed by atoms with Crippen LogP contribution in [0, 0.1) is 0 Å². The van der Waals surface area contributed by atoms with Crippen LogP contribution in [0.2, 0.25) is 0 Å². The first-order valence-electron chi connectivity index (χ1n) is 16.7. The molecule has 0 aliphatic carbocycles. The molecule has 0 fully saturated rings. The van der Waals surface area contributed by atoms with E-state index in [1.165, 1.54) is 116 Å². The van der Waals surface area contributed by atoms with Gasteiger partial charge in [-0.3, -0.25) is 0 Å². The average molecular weight is 568 g/mol. The van der Waals surface area contributed by atoms with E-state index in [1.54, 1.807) is 0 Å². The zero-order valence-electron chi connectivity index (χ0n) is 26.2. The van der Waals surface area contributed by atoms with Crippen LogP contribution in [0.5, 0.6) is 0 Å². The van der Waals surface area contributed by atoms with Crippen molar-refractivity contribution < 1.29 is 17.5 Å². The Morgan fingerprint density at radius 2 is 0.718 bits per heavy atom. The van der Waals surface area contributed by atoms with Crippen LogP contribution in [-0.2, 0) is 10.1 Å². The third-order valence-corrected chi connectivity index (χ3v) is 8.22. The fraction of sp³-hybridized carbons (Fsp3) is 0.824. The van der Waals surface area contributed by atoms with Gasteiger partial charge in [0.2, 0.25) is 0 Å². The highest BCUT2D eigenvalue weighted by Crippen LogP contribution is 2.19.